The van der Waals surface area contributed by atoms with Gasteiger partial charge in [-0.25, -0.2) is 0 Å². The molecule has 2 rings (SSSR count). The number of hydrogen-bond donors (Lipinski definition) is 2. The number of nitrogens with two attached hydrogens (primary N) is 1. The van der Waals surface area contributed by atoms with Crippen molar-refractivity contribution in [3.05, 3.63) is 42.1 Å². The molecule has 0 saturated carbocycles. The van der Waals surface area contributed by atoms with Crippen molar-refractivity contribution >= 4 is 0 Å². The summed E-state index contributed by atoms with van der Waals surface area (Å²) in [6, 6.07) is 4.33. The Morgan fingerprint density at radius 3 is 2.82 bits per heavy atom. The highest BCUT2D eigenvalue weighted by atomic mass is 16.3. The summed E-state index contributed by atoms with van der Waals surface area (Å²) >= 11 is 0. The molecule has 17 heavy (non-hydrogen) atoms. The molecule has 2 aromatic heterocycles. The van der Waals surface area contributed by atoms with Crippen LogP contribution in [0.5, 0.6) is 0 Å². The maximum absolute atomic E-state index is 5.55. The van der Waals surface area contributed by atoms with E-state index in [1.807, 2.05) is 23.0 Å². The van der Waals surface area contributed by atoms with E-state index in [0.29, 0.717) is 6.04 Å². The molecule has 0 aromatic carbocycles. The van der Waals surface area contributed by atoms with Gasteiger partial charge in [0.25, 0.3) is 0 Å². The molecule has 0 aliphatic heterocycles. The first-order valence-corrected chi connectivity index (χ1v) is 5.73. The number of furan rings is 1. The lowest BCUT2D eigenvalue weighted by Crippen LogP contribution is -2.29. The van der Waals surface area contributed by atoms with Crippen LogP contribution in [0.25, 0.3) is 0 Å². The zero-order valence-electron chi connectivity index (χ0n) is 10.1. The van der Waals surface area contributed by atoms with Crippen molar-refractivity contribution in [1.29, 1.82) is 0 Å². The minimum Gasteiger partial charge on any atom is -0.472 e. The fraction of sp³-hybridized carbons (Fsp3) is 0.417. The van der Waals surface area contributed by atoms with Crippen molar-refractivity contribution in [1.82, 2.24) is 15.2 Å². The topological polar surface area (TPSA) is 69.0 Å². The Morgan fingerprint density at radius 1 is 1.47 bits per heavy atom. The average Bonchev–Trinajstić information content (AvgIpc) is 2.96. The normalized spacial score (nSPS) is 13.2. The monoisotopic (exact) mass is 234 g/mol. The summed E-state index contributed by atoms with van der Waals surface area (Å²) in [5.41, 5.74) is 4.83. The maximum atomic E-state index is 5.55. The van der Waals surface area contributed by atoms with Crippen molar-refractivity contribution in [3.8, 4) is 0 Å². The van der Waals surface area contributed by atoms with Gasteiger partial charge in [0.15, 0.2) is 0 Å². The Hall–Kier alpha value is -1.59. The molecule has 5 heteroatoms. The zero-order valence-corrected chi connectivity index (χ0v) is 10.1. The first kappa shape index (κ1) is 11.9. The summed E-state index contributed by atoms with van der Waals surface area (Å²) in [6.07, 6.45) is 6.08. The lowest BCUT2D eigenvalue weighted by Gasteiger charge is -2.12. The van der Waals surface area contributed by atoms with E-state index >= 15 is 0 Å². The van der Waals surface area contributed by atoms with E-state index in [-0.39, 0.29) is 6.04 Å². The Balaban J connectivity index is 2.08. The van der Waals surface area contributed by atoms with Crippen LogP contribution in [0.4, 0.5) is 0 Å². The van der Waals surface area contributed by atoms with E-state index in [0.717, 1.165) is 17.7 Å². The standard InChI is InChI=1S/C12H18N4O/c1-9(2)16-5-3-11(15-16)7-12(14-13)10-4-6-17-8-10/h3-6,8-9,12,14H,7,13H2,1-2H3. The largest absolute Gasteiger partial charge is 0.472 e. The molecular formula is C12H18N4O. The van der Waals surface area contributed by atoms with Gasteiger partial charge in [-0.05, 0) is 26.0 Å². The number of nitrogens with one attached hydrogen (secondary N) is 1. The SMILES string of the molecule is CC(C)n1ccc(CC(NN)c2ccoc2)n1. The van der Waals surface area contributed by atoms with E-state index in [1.54, 1.807) is 12.5 Å². The van der Waals surface area contributed by atoms with Gasteiger partial charge in [-0.15, -0.1) is 0 Å². The molecule has 1 unspecified atom stereocenters. The summed E-state index contributed by atoms with van der Waals surface area (Å²) in [5.74, 6) is 5.55. The Kier molecular flexibility index (Phi) is 3.61. The van der Waals surface area contributed by atoms with Gasteiger partial charge in [0, 0.05) is 24.2 Å². The molecule has 0 bridgehead atoms. The third-order valence-electron chi connectivity index (χ3n) is 2.75. The molecular weight excluding hydrogens is 216 g/mol. The van der Waals surface area contributed by atoms with E-state index in [9.17, 15) is 0 Å². The van der Waals surface area contributed by atoms with E-state index in [1.165, 1.54) is 0 Å². The third kappa shape index (κ3) is 2.75. The third-order valence-corrected chi connectivity index (χ3v) is 2.75. The molecule has 0 spiro atoms. The molecule has 2 aromatic rings. The van der Waals surface area contributed by atoms with Gasteiger partial charge in [0.1, 0.15) is 0 Å². The second kappa shape index (κ2) is 5.16. The van der Waals surface area contributed by atoms with Gasteiger partial charge in [-0.1, -0.05) is 0 Å². The van der Waals surface area contributed by atoms with Crippen LogP contribution < -0.4 is 11.3 Å². The number of hydrazine groups is 1. The van der Waals surface area contributed by atoms with Gasteiger partial charge in [-0.2, -0.15) is 5.10 Å². The molecule has 0 amide bonds. The number of nitrogens with zero attached hydrogens (tertiary/aromatic N) is 2. The summed E-state index contributed by atoms with van der Waals surface area (Å²) in [4.78, 5) is 0. The summed E-state index contributed by atoms with van der Waals surface area (Å²) in [7, 11) is 0. The van der Waals surface area contributed by atoms with E-state index in [2.05, 4.69) is 24.4 Å². The van der Waals surface area contributed by atoms with Crippen molar-refractivity contribution in [2.75, 3.05) is 0 Å². The number of aromatic nitrogens is 2. The molecule has 3 N–H and O–H groups in total. The van der Waals surface area contributed by atoms with Gasteiger partial charge in [0.2, 0.25) is 0 Å². The van der Waals surface area contributed by atoms with Crippen LogP contribution in [-0.2, 0) is 6.42 Å². The Labute approximate surface area is 101 Å². The predicted octanol–water partition coefficient (Wildman–Crippen LogP) is 1.80. The first-order chi connectivity index (χ1) is 8.20. The second-order valence-corrected chi connectivity index (χ2v) is 4.36. The van der Waals surface area contributed by atoms with Crippen molar-refractivity contribution in [3.63, 3.8) is 0 Å². The Bertz CT molecular complexity index is 447. The minimum atomic E-state index is 0.0317. The number of hydrogen-bond acceptors (Lipinski definition) is 4. The van der Waals surface area contributed by atoms with Crippen molar-refractivity contribution < 1.29 is 4.42 Å². The van der Waals surface area contributed by atoms with Crippen LogP contribution in [0.1, 0.15) is 37.2 Å². The van der Waals surface area contributed by atoms with E-state index < -0.39 is 0 Å². The molecule has 5 nitrogen and oxygen atoms in total. The molecule has 0 aliphatic carbocycles. The molecule has 0 radical (unpaired) electrons. The fourth-order valence-corrected chi connectivity index (χ4v) is 1.73. The minimum absolute atomic E-state index is 0.0317. The molecule has 2 heterocycles. The number of rotatable bonds is 5. The molecule has 0 fully saturated rings. The van der Waals surface area contributed by atoms with Crippen LogP contribution >= 0.6 is 0 Å². The maximum Gasteiger partial charge on any atom is 0.0951 e. The van der Waals surface area contributed by atoms with Gasteiger partial charge >= 0.3 is 0 Å². The zero-order chi connectivity index (χ0) is 12.3. The van der Waals surface area contributed by atoms with Crippen molar-refractivity contribution in [2.24, 2.45) is 5.84 Å². The first-order valence-electron chi connectivity index (χ1n) is 5.73. The summed E-state index contributed by atoms with van der Waals surface area (Å²) < 4.78 is 7.00. The predicted molar refractivity (Wildman–Crippen MR) is 65.1 cm³/mol. The average molecular weight is 234 g/mol. The summed E-state index contributed by atoms with van der Waals surface area (Å²) in [6.45, 7) is 4.21. The molecule has 0 saturated heterocycles. The second-order valence-electron chi connectivity index (χ2n) is 4.36. The van der Waals surface area contributed by atoms with E-state index in [4.69, 9.17) is 10.3 Å². The molecule has 92 valence electrons. The highest BCUT2D eigenvalue weighted by molar-refractivity contribution is 5.15. The highest BCUT2D eigenvalue weighted by Gasteiger charge is 2.13. The quantitative estimate of drug-likeness (QED) is 0.611. The van der Waals surface area contributed by atoms with Crippen LogP contribution in [-0.4, -0.2) is 9.78 Å². The summed E-state index contributed by atoms with van der Waals surface area (Å²) in [5, 5.41) is 4.50. The fourth-order valence-electron chi connectivity index (χ4n) is 1.73. The van der Waals surface area contributed by atoms with Crippen LogP contribution in [0.15, 0.2) is 35.3 Å². The van der Waals surface area contributed by atoms with Crippen LogP contribution in [0.2, 0.25) is 0 Å². The van der Waals surface area contributed by atoms with Crippen LogP contribution in [0.3, 0.4) is 0 Å². The van der Waals surface area contributed by atoms with Crippen molar-refractivity contribution in [2.45, 2.75) is 32.4 Å². The van der Waals surface area contributed by atoms with Gasteiger partial charge in [-0.3, -0.25) is 16.0 Å². The highest BCUT2D eigenvalue weighted by Crippen LogP contribution is 2.17. The lowest BCUT2D eigenvalue weighted by atomic mass is 10.1. The van der Waals surface area contributed by atoms with Crippen LogP contribution in [0, 0.1) is 0 Å². The van der Waals surface area contributed by atoms with Gasteiger partial charge < -0.3 is 4.42 Å². The van der Waals surface area contributed by atoms with Gasteiger partial charge in [0.05, 0.1) is 24.3 Å². The molecule has 0 aliphatic rings. The smallest absolute Gasteiger partial charge is 0.0951 e. The Morgan fingerprint density at radius 2 is 2.29 bits per heavy atom. The molecule has 1 atom stereocenters. The lowest BCUT2D eigenvalue weighted by molar-refractivity contribution is 0.500.